The van der Waals surface area contributed by atoms with Gasteiger partial charge >= 0.3 is 0 Å². The zero-order chi connectivity index (χ0) is 26.8. The molecule has 0 unspecified atom stereocenters. The van der Waals surface area contributed by atoms with Crippen LogP contribution in [0.1, 0.15) is 31.4 Å². The predicted molar refractivity (Wildman–Crippen MR) is 147 cm³/mol. The predicted octanol–water partition coefficient (Wildman–Crippen LogP) is 5.94. The first-order valence-electron chi connectivity index (χ1n) is 12.1. The van der Waals surface area contributed by atoms with Gasteiger partial charge in [0.05, 0.1) is 7.11 Å². The van der Waals surface area contributed by atoms with Crippen LogP contribution < -0.4 is 14.8 Å². The molecule has 37 heavy (non-hydrogen) atoms. The van der Waals surface area contributed by atoms with Gasteiger partial charge in [0.1, 0.15) is 17.5 Å². The molecule has 0 aliphatic carbocycles. The van der Waals surface area contributed by atoms with Gasteiger partial charge in [0.25, 0.3) is 5.91 Å². The van der Waals surface area contributed by atoms with Gasteiger partial charge in [-0.3, -0.25) is 9.59 Å². The lowest BCUT2D eigenvalue weighted by Gasteiger charge is -2.32. The zero-order valence-corrected chi connectivity index (χ0v) is 22.8. The number of amides is 2. The number of hydrogen-bond acceptors (Lipinski definition) is 4. The highest BCUT2D eigenvalue weighted by Crippen LogP contribution is 2.24. The highest BCUT2D eigenvalue weighted by Gasteiger charge is 2.31. The summed E-state index contributed by atoms with van der Waals surface area (Å²) in [5.74, 6) is 0.618. The molecule has 196 valence electrons. The number of hydrogen-bond donors (Lipinski definition) is 1. The summed E-state index contributed by atoms with van der Waals surface area (Å²) in [6, 6.07) is 20.8. The zero-order valence-electron chi connectivity index (χ0n) is 21.2. The maximum atomic E-state index is 13.6. The van der Waals surface area contributed by atoms with Crippen molar-refractivity contribution in [2.75, 3.05) is 13.7 Å². The Labute approximate surface area is 228 Å². The fourth-order valence-corrected chi connectivity index (χ4v) is 4.20. The fourth-order valence-electron chi connectivity index (χ4n) is 3.73. The van der Waals surface area contributed by atoms with E-state index in [0.717, 1.165) is 12.0 Å². The summed E-state index contributed by atoms with van der Waals surface area (Å²) in [7, 11) is 1.58. The smallest absolute Gasteiger partial charge is 0.261 e. The maximum absolute atomic E-state index is 13.6. The molecule has 0 saturated carbocycles. The molecule has 0 bridgehead atoms. The van der Waals surface area contributed by atoms with Gasteiger partial charge in [0.2, 0.25) is 5.91 Å². The molecule has 0 aromatic heterocycles. The highest BCUT2D eigenvalue weighted by atomic mass is 35.5. The lowest BCUT2D eigenvalue weighted by atomic mass is 10.0. The second-order valence-electron chi connectivity index (χ2n) is 8.74. The van der Waals surface area contributed by atoms with Gasteiger partial charge in [-0.25, -0.2) is 0 Å². The normalized spacial score (nSPS) is 12.4. The lowest BCUT2D eigenvalue weighted by molar-refractivity contribution is -0.143. The summed E-state index contributed by atoms with van der Waals surface area (Å²) in [5.41, 5.74) is 1.61. The number of nitrogens with one attached hydrogen (secondary N) is 1. The topological polar surface area (TPSA) is 67.9 Å². The number of carbonyl (C=O) groups is 2. The van der Waals surface area contributed by atoms with Gasteiger partial charge in [-0.1, -0.05) is 66.5 Å². The van der Waals surface area contributed by atoms with Crippen LogP contribution in [0.4, 0.5) is 0 Å². The number of carbonyl (C=O) groups excluding carboxylic acids is 2. The van der Waals surface area contributed by atoms with Crippen molar-refractivity contribution in [2.24, 2.45) is 0 Å². The molecule has 8 heteroatoms. The Bertz CT molecular complexity index is 1170. The number of halogens is 2. The van der Waals surface area contributed by atoms with Gasteiger partial charge in [0, 0.05) is 29.1 Å². The summed E-state index contributed by atoms with van der Waals surface area (Å²) in [6.45, 7) is 3.80. The van der Waals surface area contributed by atoms with E-state index in [1.54, 1.807) is 49.6 Å². The molecule has 3 aromatic rings. The SMILES string of the molecule is CC[C@H](C)NC(=O)[C@@H](Cc1ccccc1)N(Cc1ccc(Cl)cc1Cl)C(=O)COc1ccc(OC)cc1. The van der Waals surface area contributed by atoms with Crippen LogP contribution in [0, 0.1) is 0 Å². The third kappa shape index (κ3) is 8.41. The second-order valence-corrected chi connectivity index (χ2v) is 9.59. The average molecular weight is 543 g/mol. The third-order valence-electron chi connectivity index (χ3n) is 6.05. The molecule has 2 atom stereocenters. The Hall–Kier alpha value is -3.22. The Morgan fingerprint density at radius 2 is 1.65 bits per heavy atom. The summed E-state index contributed by atoms with van der Waals surface area (Å²) >= 11 is 12.6. The minimum absolute atomic E-state index is 0.0441. The molecule has 6 nitrogen and oxygen atoms in total. The van der Waals surface area contributed by atoms with Crippen molar-refractivity contribution in [1.29, 1.82) is 0 Å². The Kier molecular flexibility index (Phi) is 10.7. The molecule has 1 N–H and O–H groups in total. The molecule has 0 fully saturated rings. The average Bonchev–Trinajstić information content (AvgIpc) is 2.91. The second kappa shape index (κ2) is 13.9. The first-order chi connectivity index (χ1) is 17.8. The van der Waals surface area contributed by atoms with Gasteiger partial charge in [-0.05, 0) is 60.9 Å². The van der Waals surface area contributed by atoms with Crippen LogP contribution in [-0.2, 0) is 22.6 Å². The van der Waals surface area contributed by atoms with E-state index in [4.69, 9.17) is 32.7 Å². The number of ether oxygens (including phenoxy) is 2. The van der Waals surface area contributed by atoms with Crippen LogP contribution in [0.15, 0.2) is 72.8 Å². The highest BCUT2D eigenvalue weighted by molar-refractivity contribution is 6.35. The summed E-state index contributed by atoms with van der Waals surface area (Å²) in [5, 5.41) is 3.95. The molecular formula is C29H32Cl2N2O4. The Balaban J connectivity index is 1.92. The van der Waals surface area contributed by atoms with E-state index in [1.165, 1.54) is 4.90 Å². The summed E-state index contributed by atoms with van der Waals surface area (Å²) in [6.07, 6.45) is 1.10. The van der Waals surface area contributed by atoms with Gasteiger partial charge in [0.15, 0.2) is 6.61 Å². The Morgan fingerprint density at radius 3 is 2.27 bits per heavy atom. The van der Waals surface area contributed by atoms with Gasteiger partial charge in [-0.2, -0.15) is 0 Å². The third-order valence-corrected chi connectivity index (χ3v) is 6.64. The van der Waals surface area contributed by atoms with E-state index < -0.39 is 6.04 Å². The van der Waals surface area contributed by atoms with Crippen LogP contribution >= 0.6 is 23.2 Å². The lowest BCUT2D eigenvalue weighted by Crippen LogP contribution is -2.53. The van der Waals surface area contributed by atoms with Crippen molar-refractivity contribution in [1.82, 2.24) is 10.2 Å². The van der Waals surface area contributed by atoms with E-state index in [2.05, 4.69) is 5.32 Å². The molecule has 0 saturated heterocycles. The molecule has 0 aliphatic rings. The molecule has 3 aromatic carbocycles. The van der Waals surface area contributed by atoms with Crippen LogP contribution in [-0.4, -0.2) is 42.5 Å². The molecule has 2 amide bonds. The van der Waals surface area contributed by atoms with Crippen molar-refractivity contribution in [3.63, 3.8) is 0 Å². The number of nitrogens with zero attached hydrogens (tertiary/aromatic N) is 1. The standard InChI is InChI=1S/C29H32Cl2N2O4/c1-4-20(2)32-29(35)27(16-21-8-6-5-7-9-21)33(18-22-10-11-23(30)17-26(22)31)28(34)19-37-25-14-12-24(36-3)13-15-25/h5-15,17,20,27H,4,16,18-19H2,1-3H3,(H,32,35)/t20-,27+/m0/s1. The fraction of sp³-hybridized carbons (Fsp3) is 0.310. The van der Waals surface area contributed by atoms with Crippen molar-refractivity contribution >= 4 is 35.0 Å². The van der Waals surface area contributed by atoms with E-state index >= 15 is 0 Å². The Morgan fingerprint density at radius 1 is 0.973 bits per heavy atom. The van der Waals surface area contributed by atoms with Crippen LogP contribution in [0.5, 0.6) is 11.5 Å². The summed E-state index contributed by atoms with van der Waals surface area (Å²) < 4.78 is 11.0. The molecule has 0 aliphatic heterocycles. The van der Waals surface area contributed by atoms with E-state index in [9.17, 15) is 9.59 Å². The molecule has 0 spiro atoms. The number of benzene rings is 3. The maximum Gasteiger partial charge on any atom is 0.261 e. The van der Waals surface area contributed by atoms with E-state index in [1.807, 2.05) is 44.2 Å². The number of methoxy groups -OCH3 is 1. The van der Waals surface area contributed by atoms with Crippen LogP contribution in [0.25, 0.3) is 0 Å². The van der Waals surface area contributed by atoms with Crippen LogP contribution in [0.3, 0.4) is 0 Å². The van der Waals surface area contributed by atoms with Gasteiger partial charge < -0.3 is 19.7 Å². The van der Waals surface area contributed by atoms with Crippen molar-refractivity contribution in [2.45, 2.75) is 45.3 Å². The monoisotopic (exact) mass is 542 g/mol. The molecular weight excluding hydrogens is 511 g/mol. The quantitative estimate of drug-likeness (QED) is 0.307. The number of rotatable bonds is 12. The minimum Gasteiger partial charge on any atom is -0.497 e. The van der Waals surface area contributed by atoms with Crippen molar-refractivity contribution in [3.05, 3.63) is 94.0 Å². The van der Waals surface area contributed by atoms with Crippen molar-refractivity contribution in [3.8, 4) is 11.5 Å². The van der Waals surface area contributed by atoms with E-state index in [0.29, 0.717) is 33.5 Å². The largest absolute Gasteiger partial charge is 0.497 e. The molecule has 0 heterocycles. The molecule has 0 radical (unpaired) electrons. The first kappa shape index (κ1) is 28.4. The molecule has 3 rings (SSSR count). The van der Waals surface area contributed by atoms with E-state index in [-0.39, 0.29) is 31.0 Å². The minimum atomic E-state index is -0.782. The first-order valence-corrected chi connectivity index (χ1v) is 12.9. The summed E-state index contributed by atoms with van der Waals surface area (Å²) in [4.78, 5) is 28.7. The van der Waals surface area contributed by atoms with Crippen molar-refractivity contribution < 1.29 is 19.1 Å². The van der Waals surface area contributed by atoms with Crippen LogP contribution in [0.2, 0.25) is 10.0 Å². The van der Waals surface area contributed by atoms with Gasteiger partial charge in [-0.15, -0.1) is 0 Å².